The van der Waals surface area contributed by atoms with Crippen LogP contribution < -0.4 is 5.48 Å². The highest BCUT2D eigenvalue weighted by Gasteiger charge is 2.14. The Bertz CT molecular complexity index is 277. The zero-order valence-corrected chi connectivity index (χ0v) is 8.64. The van der Waals surface area contributed by atoms with E-state index < -0.39 is 0 Å². The number of aromatic nitrogens is 1. The second kappa shape index (κ2) is 3.85. The predicted molar refractivity (Wildman–Crippen MR) is 50.4 cm³/mol. The van der Waals surface area contributed by atoms with Crippen LogP contribution in [-0.4, -0.2) is 16.5 Å². The molecule has 0 aliphatic rings. The van der Waals surface area contributed by atoms with Crippen molar-refractivity contribution in [3.63, 3.8) is 0 Å². The summed E-state index contributed by atoms with van der Waals surface area (Å²) in [6, 6.07) is 0. The van der Waals surface area contributed by atoms with Crippen molar-refractivity contribution >= 4 is 17.2 Å². The highest BCUT2D eigenvalue weighted by Crippen LogP contribution is 2.07. The first-order valence-electron chi connectivity index (χ1n) is 3.86. The SMILES string of the molecule is CC(C)(C)ONC(=O)c1cncs1. The third kappa shape index (κ3) is 3.52. The van der Waals surface area contributed by atoms with Crippen LogP contribution in [0.2, 0.25) is 0 Å². The normalized spacial score (nSPS) is 11.3. The summed E-state index contributed by atoms with van der Waals surface area (Å²) < 4.78 is 0. The van der Waals surface area contributed by atoms with Gasteiger partial charge >= 0.3 is 0 Å². The number of rotatable bonds is 2. The van der Waals surface area contributed by atoms with Crippen LogP contribution in [0.3, 0.4) is 0 Å². The quantitative estimate of drug-likeness (QED) is 0.738. The van der Waals surface area contributed by atoms with Crippen molar-refractivity contribution in [3.05, 3.63) is 16.6 Å². The van der Waals surface area contributed by atoms with E-state index in [4.69, 9.17) is 4.84 Å². The van der Waals surface area contributed by atoms with Crippen molar-refractivity contribution in [1.82, 2.24) is 10.5 Å². The minimum atomic E-state index is -0.375. The van der Waals surface area contributed by atoms with Crippen molar-refractivity contribution in [3.8, 4) is 0 Å². The van der Waals surface area contributed by atoms with E-state index in [-0.39, 0.29) is 11.5 Å². The molecule has 1 aromatic rings. The van der Waals surface area contributed by atoms with Crippen LogP contribution in [0.5, 0.6) is 0 Å². The van der Waals surface area contributed by atoms with E-state index in [9.17, 15) is 4.79 Å². The molecule has 5 heteroatoms. The third-order valence-electron chi connectivity index (χ3n) is 1.11. The van der Waals surface area contributed by atoms with Crippen molar-refractivity contribution < 1.29 is 9.63 Å². The van der Waals surface area contributed by atoms with Gasteiger partial charge in [0, 0.05) is 0 Å². The predicted octanol–water partition coefficient (Wildman–Crippen LogP) is 1.60. The highest BCUT2D eigenvalue weighted by molar-refractivity contribution is 7.11. The molecule has 0 saturated heterocycles. The zero-order chi connectivity index (χ0) is 9.90. The topological polar surface area (TPSA) is 51.2 Å². The molecule has 1 N–H and O–H groups in total. The number of hydrogen-bond donors (Lipinski definition) is 1. The van der Waals surface area contributed by atoms with Gasteiger partial charge in [-0.2, -0.15) is 0 Å². The van der Waals surface area contributed by atoms with Gasteiger partial charge in [0.05, 0.1) is 17.3 Å². The molecule has 0 unspecified atom stereocenters. The average Bonchev–Trinajstić information content (AvgIpc) is 2.50. The number of amides is 1. The number of nitrogens with zero attached hydrogens (tertiary/aromatic N) is 1. The molecule has 1 rings (SSSR count). The maximum Gasteiger partial charge on any atom is 0.286 e. The molecule has 1 aromatic heterocycles. The van der Waals surface area contributed by atoms with E-state index in [1.54, 1.807) is 5.51 Å². The molecule has 0 saturated carbocycles. The summed E-state index contributed by atoms with van der Waals surface area (Å²) in [5.41, 5.74) is 3.59. The Labute approximate surface area is 80.9 Å². The molecule has 0 radical (unpaired) electrons. The molecule has 0 atom stereocenters. The second-order valence-electron chi connectivity index (χ2n) is 3.51. The molecular formula is C8H12N2O2S. The summed E-state index contributed by atoms with van der Waals surface area (Å²) in [6.45, 7) is 5.58. The molecule has 0 spiro atoms. The first-order valence-corrected chi connectivity index (χ1v) is 4.74. The summed E-state index contributed by atoms with van der Waals surface area (Å²) in [7, 11) is 0. The van der Waals surface area contributed by atoms with E-state index in [2.05, 4.69) is 10.5 Å². The molecule has 13 heavy (non-hydrogen) atoms. The molecule has 0 aliphatic heterocycles. The van der Waals surface area contributed by atoms with Crippen LogP contribution in [0.4, 0.5) is 0 Å². The Morgan fingerprint density at radius 2 is 2.31 bits per heavy atom. The molecule has 1 amide bonds. The van der Waals surface area contributed by atoms with Gasteiger partial charge in [0.15, 0.2) is 0 Å². The Balaban J connectivity index is 2.44. The fraction of sp³-hybridized carbons (Fsp3) is 0.500. The van der Waals surface area contributed by atoms with Gasteiger partial charge in [-0.25, -0.2) is 5.48 Å². The lowest BCUT2D eigenvalue weighted by molar-refractivity contribution is -0.0588. The molecule has 0 aliphatic carbocycles. The average molecular weight is 200 g/mol. The number of nitrogens with one attached hydrogen (secondary N) is 1. The summed E-state index contributed by atoms with van der Waals surface area (Å²) in [6.07, 6.45) is 1.51. The van der Waals surface area contributed by atoms with Crippen LogP contribution in [0.25, 0.3) is 0 Å². The van der Waals surface area contributed by atoms with E-state index in [0.29, 0.717) is 4.88 Å². The van der Waals surface area contributed by atoms with E-state index in [0.717, 1.165) is 0 Å². The molecule has 72 valence electrons. The fourth-order valence-electron chi connectivity index (χ4n) is 0.578. The maximum atomic E-state index is 11.3. The van der Waals surface area contributed by atoms with Crippen molar-refractivity contribution in [2.24, 2.45) is 0 Å². The van der Waals surface area contributed by atoms with Crippen molar-refractivity contribution in [1.29, 1.82) is 0 Å². The summed E-state index contributed by atoms with van der Waals surface area (Å²) in [4.78, 5) is 20.7. The minimum Gasteiger partial charge on any atom is -0.268 e. The third-order valence-corrected chi connectivity index (χ3v) is 1.88. The number of thiazole rings is 1. The van der Waals surface area contributed by atoms with E-state index in [1.165, 1.54) is 17.5 Å². The maximum absolute atomic E-state index is 11.3. The van der Waals surface area contributed by atoms with Crippen molar-refractivity contribution in [2.75, 3.05) is 0 Å². The lowest BCUT2D eigenvalue weighted by Crippen LogP contribution is -2.33. The lowest BCUT2D eigenvalue weighted by Gasteiger charge is -2.18. The van der Waals surface area contributed by atoms with Gasteiger partial charge in [-0.05, 0) is 20.8 Å². The lowest BCUT2D eigenvalue weighted by atomic mass is 10.2. The smallest absolute Gasteiger partial charge is 0.268 e. The highest BCUT2D eigenvalue weighted by atomic mass is 32.1. The number of carbonyl (C=O) groups is 1. The molecule has 0 bridgehead atoms. The van der Waals surface area contributed by atoms with Gasteiger partial charge in [0.25, 0.3) is 5.91 Å². The second-order valence-corrected chi connectivity index (χ2v) is 4.40. The largest absolute Gasteiger partial charge is 0.286 e. The molecule has 0 aromatic carbocycles. The number of carbonyl (C=O) groups excluding carboxylic acids is 1. The Morgan fingerprint density at radius 3 is 2.77 bits per heavy atom. The van der Waals surface area contributed by atoms with Gasteiger partial charge in [0.1, 0.15) is 4.88 Å². The Hall–Kier alpha value is -0.940. The van der Waals surface area contributed by atoms with Crippen LogP contribution in [-0.2, 0) is 4.84 Å². The monoisotopic (exact) mass is 200 g/mol. The first-order chi connectivity index (χ1) is 5.99. The number of hydroxylamine groups is 1. The van der Waals surface area contributed by atoms with Crippen LogP contribution >= 0.6 is 11.3 Å². The summed E-state index contributed by atoms with van der Waals surface area (Å²) in [5, 5.41) is 0. The molecule has 0 fully saturated rings. The van der Waals surface area contributed by atoms with Crippen LogP contribution in [0.15, 0.2) is 11.7 Å². The van der Waals surface area contributed by atoms with Gasteiger partial charge in [0.2, 0.25) is 0 Å². The van der Waals surface area contributed by atoms with Gasteiger partial charge < -0.3 is 0 Å². The van der Waals surface area contributed by atoms with Crippen molar-refractivity contribution in [2.45, 2.75) is 26.4 Å². The Kier molecular flexibility index (Phi) is 3.00. The minimum absolute atomic E-state index is 0.252. The van der Waals surface area contributed by atoms with Gasteiger partial charge in [-0.1, -0.05) is 0 Å². The Morgan fingerprint density at radius 1 is 1.62 bits per heavy atom. The summed E-state index contributed by atoms with van der Waals surface area (Å²) >= 11 is 1.28. The van der Waals surface area contributed by atoms with Gasteiger partial charge in [-0.3, -0.25) is 14.6 Å². The molecule has 4 nitrogen and oxygen atoms in total. The van der Waals surface area contributed by atoms with Gasteiger partial charge in [-0.15, -0.1) is 11.3 Å². The van der Waals surface area contributed by atoms with E-state index >= 15 is 0 Å². The summed E-state index contributed by atoms with van der Waals surface area (Å²) in [5.74, 6) is -0.252. The van der Waals surface area contributed by atoms with Crippen LogP contribution in [0.1, 0.15) is 30.4 Å². The first kappa shape index (κ1) is 10.1. The molecule has 1 heterocycles. The number of hydrogen-bond acceptors (Lipinski definition) is 4. The molecular weight excluding hydrogens is 188 g/mol. The standard InChI is InChI=1S/C8H12N2O2S/c1-8(2,3)12-10-7(11)6-4-9-5-13-6/h4-5H,1-3H3,(H,10,11). The zero-order valence-electron chi connectivity index (χ0n) is 7.83. The van der Waals surface area contributed by atoms with Crippen LogP contribution in [0, 0.1) is 0 Å². The fourth-order valence-corrected chi connectivity index (χ4v) is 1.08. The van der Waals surface area contributed by atoms with E-state index in [1.807, 2.05) is 20.8 Å².